The van der Waals surface area contributed by atoms with Crippen LogP contribution in [0.25, 0.3) is 0 Å². The first-order valence-corrected chi connectivity index (χ1v) is 5.46. The van der Waals surface area contributed by atoms with Gasteiger partial charge in [-0.05, 0) is 24.6 Å². The Kier molecular flexibility index (Phi) is 3.56. The van der Waals surface area contributed by atoms with Crippen LogP contribution in [0.3, 0.4) is 0 Å². The number of aryl methyl sites for hydroxylation is 1. The predicted octanol–water partition coefficient (Wildman–Crippen LogP) is 2.18. The van der Waals surface area contributed by atoms with E-state index in [0.717, 1.165) is 0 Å². The Balaban J connectivity index is 2.45. The molecule has 0 spiro atoms. The largest absolute Gasteiger partial charge is 0.476 e. The number of hydrogen-bond donors (Lipinski definition) is 1. The molecule has 0 aliphatic carbocycles. The summed E-state index contributed by atoms with van der Waals surface area (Å²) in [6, 6.07) is 4.10. The highest BCUT2D eigenvalue weighted by molar-refractivity contribution is 5.88. The minimum Gasteiger partial charge on any atom is -0.476 e. The molecule has 0 aliphatic heterocycles. The minimum atomic E-state index is -1.30. The molecule has 102 valence electrons. The lowest BCUT2D eigenvalue weighted by molar-refractivity contribution is -0.386. The van der Waals surface area contributed by atoms with E-state index in [-0.39, 0.29) is 23.0 Å². The maximum absolute atomic E-state index is 11.0. The number of carbonyl (C=O) groups is 1. The van der Waals surface area contributed by atoms with Crippen molar-refractivity contribution >= 4 is 11.7 Å². The average Bonchev–Trinajstić information content (AvgIpc) is 2.41. The van der Waals surface area contributed by atoms with Crippen molar-refractivity contribution < 1.29 is 19.6 Å². The molecular formula is C12H9N3O5. The van der Waals surface area contributed by atoms with Crippen LogP contribution in [0, 0.1) is 17.0 Å². The summed E-state index contributed by atoms with van der Waals surface area (Å²) >= 11 is 0. The molecule has 8 nitrogen and oxygen atoms in total. The van der Waals surface area contributed by atoms with Gasteiger partial charge in [-0.15, -0.1) is 0 Å². The third-order valence-electron chi connectivity index (χ3n) is 2.35. The zero-order valence-corrected chi connectivity index (χ0v) is 10.3. The summed E-state index contributed by atoms with van der Waals surface area (Å²) < 4.78 is 5.22. The Morgan fingerprint density at radius 2 is 2.20 bits per heavy atom. The van der Waals surface area contributed by atoms with Gasteiger partial charge in [0.25, 0.3) is 5.88 Å². The van der Waals surface area contributed by atoms with Gasteiger partial charge in [-0.25, -0.2) is 14.8 Å². The van der Waals surface area contributed by atoms with E-state index in [1.807, 2.05) is 0 Å². The fourth-order valence-electron chi connectivity index (χ4n) is 1.49. The number of rotatable bonds is 4. The zero-order valence-electron chi connectivity index (χ0n) is 10.3. The molecule has 0 saturated carbocycles. The van der Waals surface area contributed by atoms with E-state index in [2.05, 4.69) is 9.97 Å². The van der Waals surface area contributed by atoms with Crippen LogP contribution in [-0.2, 0) is 0 Å². The van der Waals surface area contributed by atoms with E-state index < -0.39 is 10.9 Å². The molecule has 8 heteroatoms. The third-order valence-corrected chi connectivity index (χ3v) is 2.35. The average molecular weight is 275 g/mol. The van der Waals surface area contributed by atoms with Crippen molar-refractivity contribution in [1.29, 1.82) is 0 Å². The number of nitrogens with zero attached hydrogens (tertiary/aromatic N) is 3. The first-order valence-electron chi connectivity index (χ1n) is 5.46. The molecule has 0 unspecified atom stereocenters. The van der Waals surface area contributed by atoms with Crippen LogP contribution < -0.4 is 4.74 Å². The van der Waals surface area contributed by atoms with Gasteiger partial charge in [-0.2, -0.15) is 0 Å². The number of aromatic nitrogens is 2. The van der Waals surface area contributed by atoms with Crippen molar-refractivity contribution in [3.8, 4) is 11.6 Å². The van der Waals surface area contributed by atoms with Gasteiger partial charge < -0.3 is 9.84 Å². The van der Waals surface area contributed by atoms with Gasteiger partial charge in [0.1, 0.15) is 0 Å². The van der Waals surface area contributed by atoms with Gasteiger partial charge in [-0.1, -0.05) is 0 Å². The van der Waals surface area contributed by atoms with Crippen molar-refractivity contribution in [3.63, 3.8) is 0 Å². The van der Waals surface area contributed by atoms with Crippen LogP contribution in [0.15, 0.2) is 30.6 Å². The second kappa shape index (κ2) is 5.31. The summed E-state index contributed by atoms with van der Waals surface area (Å²) in [4.78, 5) is 28.7. The molecule has 0 fully saturated rings. The molecule has 20 heavy (non-hydrogen) atoms. The van der Waals surface area contributed by atoms with Crippen LogP contribution in [0.4, 0.5) is 5.69 Å². The smallest absolute Gasteiger partial charge is 0.358 e. The van der Waals surface area contributed by atoms with Crippen LogP contribution in [0.2, 0.25) is 0 Å². The molecule has 0 saturated heterocycles. The maximum Gasteiger partial charge on any atom is 0.358 e. The second-order valence-corrected chi connectivity index (χ2v) is 3.85. The van der Waals surface area contributed by atoms with Gasteiger partial charge >= 0.3 is 11.7 Å². The Morgan fingerprint density at radius 1 is 1.45 bits per heavy atom. The topological polar surface area (TPSA) is 115 Å². The van der Waals surface area contributed by atoms with E-state index in [4.69, 9.17) is 9.84 Å². The monoisotopic (exact) mass is 275 g/mol. The van der Waals surface area contributed by atoms with Crippen molar-refractivity contribution in [2.24, 2.45) is 0 Å². The molecule has 0 atom stereocenters. The highest BCUT2D eigenvalue weighted by Crippen LogP contribution is 2.30. The quantitative estimate of drug-likeness (QED) is 0.671. The van der Waals surface area contributed by atoms with Gasteiger partial charge in [0.05, 0.1) is 4.92 Å². The molecule has 0 amide bonds. The van der Waals surface area contributed by atoms with Crippen LogP contribution in [0.5, 0.6) is 11.6 Å². The molecule has 1 N–H and O–H groups in total. The predicted molar refractivity (Wildman–Crippen MR) is 66.9 cm³/mol. The number of nitro groups is 1. The summed E-state index contributed by atoms with van der Waals surface area (Å²) in [5, 5.41) is 19.9. The van der Waals surface area contributed by atoms with Gasteiger partial charge in [0, 0.05) is 18.5 Å². The van der Waals surface area contributed by atoms with E-state index in [1.54, 1.807) is 6.92 Å². The van der Waals surface area contributed by atoms with E-state index >= 15 is 0 Å². The molecule has 2 aromatic rings. The van der Waals surface area contributed by atoms with Crippen LogP contribution >= 0.6 is 0 Å². The Morgan fingerprint density at radius 3 is 2.85 bits per heavy atom. The van der Waals surface area contributed by atoms with Crippen molar-refractivity contribution in [1.82, 2.24) is 9.97 Å². The Hall–Kier alpha value is -3.03. The lowest BCUT2D eigenvalue weighted by atomic mass is 10.3. The lowest BCUT2D eigenvalue weighted by Crippen LogP contribution is -2.04. The highest BCUT2D eigenvalue weighted by atomic mass is 16.6. The normalized spacial score (nSPS) is 10.1. The molecule has 0 aromatic carbocycles. The van der Waals surface area contributed by atoms with Crippen molar-refractivity contribution in [3.05, 3.63) is 52.0 Å². The highest BCUT2D eigenvalue weighted by Gasteiger charge is 2.21. The minimum absolute atomic E-state index is 0.112. The fourth-order valence-corrected chi connectivity index (χ4v) is 1.49. The molecule has 0 radical (unpaired) electrons. The lowest BCUT2D eigenvalue weighted by Gasteiger charge is -2.07. The number of carboxylic acids is 1. The first-order chi connectivity index (χ1) is 9.49. The maximum atomic E-state index is 11.0. The summed E-state index contributed by atoms with van der Waals surface area (Å²) in [5.41, 5.74) is -0.0944. The summed E-state index contributed by atoms with van der Waals surface area (Å²) in [6.45, 7) is 1.65. The first kappa shape index (κ1) is 13.4. The van der Waals surface area contributed by atoms with Gasteiger partial charge in [-0.3, -0.25) is 10.1 Å². The molecule has 0 aliphatic rings. The molecular weight excluding hydrogens is 266 g/mol. The summed E-state index contributed by atoms with van der Waals surface area (Å²) in [6.07, 6.45) is 2.67. The number of pyridine rings is 2. The fraction of sp³-hybridized carbons (Fsp3) is 0.0833. The second-order valence-electron chi connectivity index (χ2n) is 3.85. The Labute approximate surface area is 112 Å². The zero-order chi connectivity index (χ0) is 14.7. The van der Waals surface area contributed by atoms with Crippen molar-refractivity contribution in [2.75, 3.05) is 0 Å². The number of ether oxygens (including phenoxy) is 1. The van der Waals surface area contributed by atoms with Crippen LogP contribution in [-0.4, -0.2) is 26.0 Å². The van der Waals surface area contributed by atoms with Crippen molar-refractivity contribution in [2.45, 2.75) is 6.92 Å². The molecule has 0 bridgehead atoms. The summed E-state index contributed by atoms with van der Waals surface area (Å²) in [5.74, 6) is -1.69. The van der Waals surface area contributed by atoms with Crippen LogP contribution in [0.1, 0.15) is 16.1 Å². The number of carboxylic acid groups (broad SMARTS) is 1. The molecule has 2 rings (SSSR count). The molecule has 2 heterocycles. The summed E-state index contributed by atoms with van der Waals surface area (Å²) in [7, 11) is 0. The number of hydrogen-bond acceptors (Lipinski definition) is 6. The van der Waals surface area contributed by atoms with Gasteiger partial charge in [0.2, 0.25) is 0 Å². The number of aromatic carboxylic acids is 1. The standard InChI is InChI=1S/C12H9N3O5/c1-7-5-8(15(18)19)11(14-6-7)20-9-3-2-4-13-10(9)12(16)17/h2-6H,1H3,(H,16,17). The molecule has 2 aromatic heterocycles. The van der Waals surface area contributed by atoms with Gasteiger partial charge in [0.15, 0.2) is 11.4 Å². The van der Waals surface area contributed by atoms with E-state index in [1.165, 1.54) is 30.6 Å². The van der Waals surface area contributed by atoms with E-state index in [0.29, 0.717) is 5.56 Å². The Bertz CT molecular complexity index is 687. The van der Waals surface area contributed by atoms with E-state index in [9.17, 15) is 14.9 Å². The third kappa shape index (κ3) is 2.69. The SMILES string of the molecule is Cc1cnc(Oc2cccnc2C(=O)O)c([N+](=O)[O-])c1.